The molecule has 3 rings (SSSR count). The first-order valence-electron chi connectivity index (χ1n) is 10.7. The molecular weight excluding hydrogens is 522 g/mol. The Bertz CT molecular complexity index is 1240. The number of carboxylic acids is 1. The van der Waals surface area contributed by atoms with Crippen LogP contribution in [0.2, 0.25) is 0 Å². The second kappa shape index (κ2) is 12.8. The summed E-state index contributed by atoms with van der Waals surface area (Å²) in [6.45, 7) is 0. The number of nitrogens with zero attached hydrogens (tertiary/aromatic N) is 1. The molecule has 0 saturated carbocycles. The van der Waals surface area contributed by atoms with Crippen LogP contribution in [-0.4, -0.2) is 89.8 Å². The number of alkyl halides is 3. The van der Waals surface area contributed by atoms with Gasteiger partial charge in [-0.2, -0.15) is 0 Å². The predicted octanol–water partition coefficient (Wildman–Crippen LogP) is 2.35. The molecule has 10 nitrogen and oxygen atoms in total. The molecule has 0 spiro atoms. The number of carbonyl (C=O) groups is 4. The molecule has 0 saturated heterocycles. The summed E-state index contributed by atoms with van der Waals surface area (Å²) in [6, 6.07) is 5.95. The molecular formula is C24H23F3N3NaO7. The monoisotopic (exact) mass is 545 g/mol. The number of carboxylic acid groups (broad SMARTS) is 1. The van der Waals surface area contributed by atoms with Gasteiger partial charge in [-0.15, -0.1) is 13.2 Å². The first-order chi connectivity index (χ1) is 17.4. The molecule has 198 valence electrons. The standard InChI is InChI=1S/C24H22F3N3O7.Na.H/c1-30-10-9-18(31)21(22(30)34)29-23(35)28-17(12-20(32)33)14-5-8-19(36-2)16(11-14)13-3-6-15(7-4-13)37-24(25,26)27;;/h3-11,17,21H,12H2,1-2H3,(H,32,33)(H2,28,29,35);;/t17-,21?;;/m0../s1. The third-order valence-corrected chi connectivity index (χ3v) is 5.33. The van der Waals surface area contributed by atoms with Crippen molar-refractivity contribution in [2.45, 2.75) is 24.9 Å². The van der Waals surface area contributed by atoms with Gasteiger partial charge in [-0.3, -0.25) is 14.4 Å². The number of halogens is 3. The number of ketones is 1. The molecule has 0 fully saturated rings. The van der Waals surface area contributed by atoms with Crippen LogP contribution in [0.25, 0.3) is 11.1 Å². The Kier molecular flexibility index (Phi) is 10.3. The second-order valence-corrected chi connectivity index (χ2v) is 7.90. The van der Waals surface area contributed by atoms with E-state index in [1.807, 2.05) is 0 Å². The van der Waals surface area contributed by atoms with Gasteiger partial charge in [0, 0.05) is 24.9 Å². The molecule has 3 N–H and O–H groups in total. The van der Waals surface area contributed by atoms with E-state index in [1.165, 1.54) is 50.7 Å². The normalized spacial score (nSPS) is 15.8. The van der Waals surface area contributed by atoms with E-state index in [2.05, 4.69) is 15.4 Å². The van der Waals surface area contributed by atoms with Gasteiger partial charge in [0.2, 0.25) is 0 Å². The number of likely N-dealkylation sites (N-methyl/N-ethyl adjacent to an activating group) is 1. The fourth-order valence-electron chi connectivity index (χ4n) is 3.58. The molecule has 2 aromatic rings. The number of rotatable bonds is 8. The fraction of sp³-hybridized carbons (Fsp3) is 0.250. The Balaban J connectivity index is 0.00000507. The third kappa shape index (κ3) is 7.97. The van der Waals surface area contributed by atoms with E-state index >= 15 is 0 Å². The SMILES string of the molecule is COc1ccc([C@H](CC(=O)O)NC(=O)NC2C(=O)C=CN(C)C2=O)cc1-c1ccc(OC(F)(F)F)cc1.[NaH]. The van der Waals surface area contributed by atoms with Crippen LogP contribution in [0.1, 0.15) is 18.0 Å². The van der Waals surface area contributed by atoms with Crippen molar-refractivity contribution in [3.63, 3.8) is 0 Å². The summed E-state index contributed by atoms with van der Waals surface area (Å²) in [6.07, 6.45) is -3.02. The number of amides is 3. The van der Waals surface area contributed by atoms with E-state index in [0.29, 0.717) is 22.4 Å². The van der Waals surface area contributed by atoms with Crippen molar-refractivity contribution in [2.24, 2.45) is 0 Å². The maximum atomic E-state index is 12.6. The number of aliphatic carboxylic acids is 1. The average Bonchev–Trinajstić information content (AvgIpc) is 2.82. The number of hydrogen-bond donors (Lipinski definition) is 3. The minimum absolute atomic E-state index is 0. The zero-order valence-electron chi connectivity index (χ0n) is 19.5. The van der Waals surface area contributed by atoms with E-state index in [0.717, 1.165) is 23.1 Å². The molecule has 1 aliphatic rings. The Hall–Kier alpha value is -3.55. The van der Waals surface area contributed by atoms with Crippen molar-refractivity contribution < 1.29 is 46.9 Å². The van der Waals surface area contributed by atoms with Crippen molar-refractivity contribution in [3.8, 4) is 22.6 Å². The molecule has 0 bridgehead atoms. The zero-order chi connectivity index (χ0) is 27.3. The molecule has 3 amide bonds. The van der Waals surface area contributed by atoms with E-state index in [-0.39, 0.29) is 29.6 Å². The summed E-state index contributed by atoms with van der Waals surface area (Å²) in [7, 11) is 2.79. The first-order valence-corrected chi connectivity index (χ1v) is 10.7. The predicted molar refractivity (Wildman–Crippen MR) is 130 cm³/mol. The van der Waals surface area contributed by atoms with Crippen molar-refractivity contribution in [1.82, 2.24) is 15.5 Å². The number of benzene rings is 2. The minimum atomic E-state index is -4.85. The summed E-state index contributed by atoms with van der Waals surface area (Å²) in [5.41, 5.74) is 1.16. The summed E-state index contributed by atoms with van der Waals surface area (Å²) in [5, 5.41) is 14.1. The van der Waals surface area contributed by atoms with Crippen LogP contribution < -0.4 is 20.1 Å². The molecule has 1 unspecified atom stereocenters. The number of carbonyl (C=O) groups excluding carboxylic acids is 3. The molecule has 14 heteroatoms. The van der Waals surface area contributed by atoms with Crippen LogP contribution in [0, 0.1) is 0 Å². The number of methoxy groups -OCH3 is 1. The van der Waals surface area contributed by atoms with Crippen molar-refractivity contribution in [2.75, 3.05) is 14.2 Å². The van der Waals surface area contributed by atoms with Gasteiger partial charge in [-0.1, -0.05) is 18.2 Å². The average molecular weight is 545 g/mol. The molecule has 2 atom stereocenters. The topological polar surface area (TPSA) is 134 Å². The van der Waals surface area contributed by atoms with Gasteiger partial charge >= 0.3 is 47.9 Å². The quantitative estimate of drug-likeness (QED) is 0.343. The van der Waals surface area contributed by atoms with Gasteiger partial charge in [-0.05, 0) is 35.4 Å². The Morgan fingerprint density at radius 3 is 2.37 bits per heavy atom. The number of hydrogen-bond acceptors (Lipinski definition) is 6. The number of urea groups is 1. The van der Waals surface area contributed by atoms with Crippen LogP contribution >= 0.6 is 0 Å². The number of ether oxygens (including phenoxy) is 2. The zero-order valence-corrected chi connectivity index (χ0v) is 19.5. The van der Waals surface area contributed by atoms with Gasteiger partial charge < -0.3 is 30.1 Å². The van der Waals surface area contributed by atoms with E-state index in [4.69, 9.17) is 4.74 Å². The Labute approximate surface area is 237 Å². The van der Waals surface area contributed by atoms with Gasteiger partial charge in [-0.25, -0.2) is 4.79 Å². The summed E-state index contributed by atoms with van der Waals surface area (Å²) in [5.74, 6) is -2.65. The molecule has 0 aromatic heterocycles. The van der Waals surface area contributed by atoms with E-state index in [9.17, 15) is 37.5 Å². The van der Waals surface area contributed by atoms with Gasteiger partial charge in [0.15, 0.2) is 11.8 Å². The fourth-order valence-corrected chi connectivity index (χ4v) is 3.58. The van der Waals surface area contributed by atoms with Crippen LogP contribution in [0.3, 0.4) is 0 Å². The van der Waals surface area contributed by atoms with Gasteiger partial charge in [0.25, 0.3) is 5.91 Å². The summed E-state index contributed by atoms with van der Waals surface area (Å²) in [4.78, 5) is 49.5. The van der Waals surface area contributed by atoms with Crippen molar-refractivity contribution in [3.05, 3.63) is 60.3 Å². The Morgan fingerprint density at radius 2 is 1.79 bits per heavy atom. The maximum absolute atomic E-state index is 12.6. The molecule has 2 aromatic carbocycles. The molecule has 1 aliphatic heterocycles. The van der Waals surface area contributed by atoms with Crippen molar-refractivity contribution in [1.29, 1.82) is 0 Å². The molecule has 0 radical (unpaired) electrons. The first kappa shape index (κ1) is 30.7. The third-order valence-electron chi connectivity index (χ3n) is 5.33. The van der Waals surface area contributed by atoms with E-state index in [1.54, 1.807) is 0 Å². The molecule has 38 heavy (non-hydrogen) atoms. The van der Waals surface area contributed by atoms with Gasteiger partial charge in [0.1, 0.15) is 11.5 Å². The van der Waals surface area contributed by atoms with Crippen LogP contribution in [0.5, 0.6) is 11.5 Å². The summed E-state index contributed by atoms with van der Waals surface area (Å²) < 4.78 is 46.6. The van der Waals surface area contributed by atoms with Crippen molar-refractivity contribution >= 4 is 53.2 Å². The van der Waals surface area contributed by atoms with Crippen LogP contribution in [0.15, 0.2) is 54.7 Å². The molecule has 0 aliphatic carbocycles. The summed E-state index contributed by atoms with van der Waals surface area (Å²) >= 11 is 0. The van der Waals surface area contributed by atoms with Crippen LogP contribution in [0.4, 0.5) is 18.0 Å². The second-order valence-electron chi connectivity index (χ2n) is 7.90. The van der Waals surface area contributed by atoms with E-state index < -0.39 is 54.3 Å². The molecule has 1 heterocycles. The van der Waals surface area contributed by atoms with Gasteiger partial charge in [0.05, 0.1) is 19.6 Å². The number of nitrogens with one attached hydrogen (secondary N) is 2. The Morgan fingerprint density at radius 1 is 1.13 bits per heavy atom. The van der Waals surface area contributed by atoms with Crippen LogP contribution in [-0.2, 0) is 14.4 Å².